The molecule has 2 aliphatic heterocycles. The Morgan fingerprint density at radius 1 is 1.17 bits per heavy atom. The van der Waals surface area contributed by atoms with E-state index in [0.29, 0.717) is 43.5 Å². The first kappa shape index (κ1) is 20.9. The van der Waals surface area contributed by atoms with E-state index in [1.165, 1.54) is 12.0 Å². The number of esters is 1. The number of methoxy groups -OCH3 is 2. The van der Waals surface area contributed by atoms with Crippen LogP contribution in [-0.4, -0.2) is 75.9 Å². The average molecular weight is 406 g/mol. The van der Waals surface area contributed by atoms with Gasteiger partial charge >= 0.3 is 5.97 Å². The van der Waals surface area contributed by atoms with Gasteiger partial charge < -0.3 is 28.7 Å². The molecule has 0 radical (unpaired) electrons. The van der Waals surface area contributed by atoms with Gasteiger partial charge in [0, 0.05) is 32.1 Å². The standard InChI is InChI=1S/C20H26N2O7/c1-13(19(24)21-6-8-28-9-7-21)29-20(25)14-10-18(23)22(12-14)16-5-4-15(26-2)11-17(16)27-3/h4-5,11,13-14H,6-10,12H2,1-3H3/t13-,14+/m1/s1. The molecule has 0 aliphatic carbocycles. The lowest BCUT2D eigenvalue weighted by Crippen LogP contribution is -2.46. The fraction of sp³-hybridized carbons (Fsp3) is 0.550. The summed E-state index contributed by atoms with van der Waals surface area (Å²) < 4.78 is 21.1. The zero-order valence-electron chi connectivity index (χ0n) is 16.9. The van der Waals surface area contributed by atoms with Gasteiger partial charge in [-0.15, -0.1) is 0 Å². The highest BCUT2D eigenvalue weighted by atomic mass is 16.5. The normalized spacial score (nSPS) is 20.4. The molecule has 1 aromatic carbocycles. The highest BCUT2D eigenvalue weighted by molar-refractivity contribution is 6.01. The van der Waals surface area contributed by atoms with Crippen LogP contribution in [0.4, 0.5) is 5.69 Å². The van der Waals surface area contributed by atoms with Crippen LogP contribution in [0.25, 0.3) is 0 Å². The Morgan fingerprint density at radius 3 is 2.55 bits per heavy atom. The molecule has 0 saturated carbocycles. The van der Waals surface area contributed by atoms with Gasteiger partial charge in [-0.2, -0.15) is 0 Å². The molecule has 9 nitrogen and oxygen atoms in total. The van der Waals surface area contributed by atoms with Gasteiger partial charge in [0.15, 0.2) is 6.10 Å². The summed E-state index contributed by atoms with van der Waals surface area (Å²) in [5.41, 5.74) is 0.561. The maximum atomic E-state index is 12.6. The summed E-state index contributed by atoms with van der Waals surface area (Å²) in [5, 5.41) is 0. The number of benzene rings is 1. The van der Waals surface area contributed by atoms with Crippen molar-refractivity contribution in [1.29, 1.82) is 0 Å². The minimum absolute atomic E-state index is 0.0203. The van der Waals surface area contributed by atoms with Crippen LogP contribution in [0.5, 0.6) is 11.5 Å². The van der Waals surface area contributed by atoms with Crippen LogP contribution in [-0.2, 0) is 23.9 Å². The Hall–Kier alpha value is -2.81. The van der Waals surface area contributed by atoms with Crippen molar-refractivity contribution < 1.29 is 33.3 Å². The number of morpholine rings is 1. The zero-order valence-corrected chi connectivity index (χ0v) is 16.9. The topological polar surface area (TPSA) is 94.6 Å². The molecule has 29 heavy (non-hydrogen) atoms. The Morgan fingerprint density at radius 2 is 1.90 bits per heavy atom. The van der Waals surface area contributed by atoms with Crippen molar-refractivity contribution in [2.75, 3.05) is 52.0 Å². The predicted molar refractivity (Wildman–Crippen MR) is 103 cm³/mol. The molecule has 2 aliphatic rings. The quantitative estimate of drug-likeness (QED) is 0.647. The van der Waals surface area contributed by atoms with Crippen molar-refractivity contribution in [3.05, 3.63) is 18.2 Å². The number of anilines is 1. The highest BCUT2D eigenvalue weighted by Crippen LogP contribution is 2.36. The van der Waals surface area contributed by atoms with Crippen molar-refractivity contribution in [3.8, 4) is 11.5 Å². The Balaban J connectivity index is 1.63. The molecule has 0 bridgehead atoms. The maximum absolute atomic E-state index is 12.6. The third-order valence-corrected chi connectivity index (χ3v) is 5.10. The Kier molecular flexibility index (Phi) is 6.58. The van der Waals surface area contributed by atoms with E-state index in [-0.39, 0.29) is 24.8 Å². The fourth-order valence-electron chi connectivity index (χ4n) is 3.47. The third kappa shape index (κ3) is 4.61. The van der Waals surface area contributed by atoms with E-state index in [2.05, 4.69) is 0 Å². The summed E-state index contributed by atoms with van der Waals surface area (Å²) >= 11 is 0. The van der Waals surface area contributed by atoms with E-state index >= 15 is 0 Å². The van der Waals surface area contributed by atoms with Gasteiger partial charge in [-0.1, -0.05) is 0 Å². The number of amides is 2. The van der Waals surface area contributed by atoms with Crippen LogP contribution in [0, 0.1) is 5.92 Å². The highest BCUT2D eigenvalue weighted by Gasteiger charge is 2.38. The number of carbonyl (C=O) groups is 3. The first-order valence-corrected chi connectivity index (χ1v) is 9.54. The molecule has 2 amide bonds. The smallest absolute Gasteiger partial charge is 0.312 e. The first-order chi connectivity index (χ1) is 13.9. The molecule has 2 heterocycles. The molecule has 0 unspecified atom stereocenters. The molecule has 2 fully saturated rings. The Bertz CT molecular complexity index is 776. The monoisotopic (exact) mass is 406 g/mol. The van der Waals surface area contributed by atoms with Crippen molar-refractivity contribution in [2.45, 2.75) is 19.4 Å². The van der Waals surface area contributed by atoms with Crippen molar-refractivity contribution >= 4 is 23.5 Å². The second kappa shape index (κ2) is 9.13. The Labute approximate surface area is 169 Å². The lowest BCUT2D eigenvalue weighted by molar-refractivity contribution is -0.163. The van der Waals surface area contributed by atoms with Gasteiger partial charge in [0.2, 0.25) is 5.91 Å². The number of ether oxygens (including phenoxy) is 4. The van der Waals surface area contributed by atoms with E-state index in [4.69, 9.17) is 18.9 Å². The second-order valence-electron chi connectivity index (χ2n) is 6.96. The number of carbonyl (C=O) groups excluding carboxylic acids is 3. The van der Waals surface area contributed by atoms with Crippen LogP contribution in [0.2, 0.25) is 0 Å². The average Bonchev–Trinajstić information content (AvgIpc) is 3.14. The minimum Gasteiger partial charge on any atom is -0.497 e. The van der Waals surface area contributed by atoms with Gasteiger partial charge in [-0.25, -0.2) is 0 Å². The van der Waals surface area contributed by atoms with Crippen LogP contribution >= 0.6 is 0 Å². The third-order valence-electron chi connectivity index (χ3n) is 5.10. The van der Waals surface area contributed by atoms with Gasteiger partial charge in [-0.05, 0) is 19.1 Å². The van der Waals surface area contributed by atoms with E-state index < -0.39 is 18.0 Å². The summed E-state index contributed by atoms with van der Waals surface area (Å²) in [5.74, 6) is -0.579. The number of hydrogen-bond acceptors (Lipinski definition) is 7. The molecular weight excluding hydrogens is 380 g/mol. The maximum Gasteiger partial charge on any atom is 0.312 e. The molecule has 2 saturated heterocycles. The molecule has 1 aromatic rings. The summed E-state index contributed by atoms with van der Waals surface area (Å²) in [6.45, 7) is 3.63. The summed E-state index contributed by atoms with van der Waals surface area (Å²) in [6.07, 6.45) is -0.882. The second-order valence-corrected chi connectivity index (χ2v) is 6.96. The van der Waals surface area contributed by atoms with E-state index in [1.54, 1.807) is 37.1 Å². The molecule has 0 N–H and O–H groups in total. The van der Waals surface area contributed by atoms with Crippen molar-refractivity contribution in [1.82, 2.24) is 4.90 Å². The number of rotatable bonds is 6. The number of hydrogen-bond donors (Lipinski definition) is 0. The molecule has 3 rings (SSSR count). The van der Waals surface area contributed by atoms with Crippen LogP contribution in [0.15, 0.2) is 18.2 Å². The summed E-state index contributed by atoms with van der Waals surface area (Å²) in [7, 11) is 3.05. The molecule has 158 valence electrons. The lowest BCUT2D eigenvalue weighted by atomic mass is 10.1. The van der Waals surface area contributed by atoms with Crippen molar-refractivity contribution in [2.24, 2.45) is 5.92 Å². The van der Waals surface area contributed by atoms with Crippen LogP contribution in [0.1, 0.15) is 13.3 Å². The largest absolute Gasteiger partial charge is 0.497 e. The van der Waals surface area contributed by atoms with Crippen molar-refractivity contribution in [3.63, 3.8) is 0 Å². The molecule has 2 atom stereocenters. The summed E-state index contributed by atoms with van der Waals surface area (Å²) in [6, 6.07) is 5.12. The fourth-order valence-corrected chi connectivity index (χ4v) is 3.47. The predicted octanol–water partition coefficient (Wildman–Crippen LogP) is 0.847. The van der Waals surface area contributed by atoms with Gasteiger partial charge in [0.25, 0.3) is 5.91 Å². The minimum atomic E-state index is -0.903. The SMILES string of the molecule is COc1ccc(N2C[C@@H](C(=O)O[C@H](C)C(=O)N3CCOCC3)CC2=O)c(OC)c1. The molecule has 9 heteroatoms. The van der Waals surface area contributed by atoms with E-state index in [0.717, 1.165) is 0 Å². The zero-order chi connectivity index (χ0) is 21.0. The number of nitrogens with zero attached hydrogens (tertiary/aromatic N) is 2. The van der Waals surface area contributed by atoms with Gasteiger partial charge in [0.1, 0.15) is 11.5 Å². The molecule has 0 aromatic heterocycles. The van der Waals surface area contributed by atoms with E-state index in [9.17, 15) is 14.4 Å². The first-order valence-electron chi connectivity index (χ1n) is 9.54. The lowest BCUT2D eigenvalue weighted by Gasteiger charge is -2.29. The van der Waals surface area contributed by atoms with Crippen LogP contribution < -0.4 is 14.4 Å². The molecular formula is C20H26N2O7. The van der Waals surface area contributed by atoms with E-state index in [1.807, 2.05) is 0 Å². The van der Waals surface area contributed by atoms with Crippen LogP contribution in [0.3, 0.4) is 0 Å². The molecule has 0 spiro atoms. The van der Waals surface area contributed by atoms with Gasteiger partial charge in [-0.3, -0.25) is 14.4 Å². The summed E-state index contributed by atoms with van der Waals surface area (Å²) in [4.78, 5) is 40.6. The van der Waals surface area contributed by atoms with Gasteiger partial charge in [0.05, 0.1) is 39.0 Å².